The van der Waals surface area contributed by atoms with Gasteiger partial charge in [-0.05, 0) is 35.6 Å². The van der Waals surface area contributed by atoms with Gasteiger partial charge in [0.15, 0.2) is 5.11 Å². The van der Waals surface area contributed by atoms with E-state index in [1.54, 1.807) is 21.8 Å². The lowest BCUT2D eigenvalue weighted by molar-refractivity contribution is 0.264. The van der Waals surface area contributed by atoms with E-state index >= 15 is 0 Å². The second-order valence-electron chi connectivity index (χ2n) is 5.79. The third-order valence-corrected chi connectivity index (χ3v) is 7.82. The van der Waals surface area contributed by atoms with Gasteiger partial charge in [0.25, 0.3) is 10.0 Å². The molecule has 0 radical (unpaired) electrons. The molecule has 25 heavy (non-hydrogen) atoms. The molecule has 1 N–H and O–H groups in total. The molecular weight excluding hydrogens is 374 g/mol. The first-order valence-corrected chi connectivity index (χ1v) is 10.9. The highest BCUT2D eigenvalue weighted by molar-refractivity contribution is 7.91. The van der Waals surface area contributed by atoms with Crippen LogP contribution in [0, 0.1) is 0 Å². The zero-order valence-corrected chi connectivity index (χ0v) is 16.2. The highest BCUT2D eigenvalue weighted by atomic mass is 32.2. The van der Waals surface area contributed by atoms with E-state index in [2.05, 4.69) is 17.4 Å². The number of rotatable bonds is 5. The van der Waals surface area contributed by atoms with Crippen LogP contribution in [-0.4, -0.2) is 55.5 Å². The maximum absolute atomic E-state index is 12.5. The van der Waals surface area contributed by atoms with Gasteiger partial charge in [-0.2, -0.15) is 4.31 Å². The summed E-state index contributed by atoms with van der Waals surface area (Å²) in [5.41, 5.74) is 1.27. The van der Waals surface area contributed by atoms with E-state index in [9.17, 15) is 8.42 Å². The van der Waals surface area contributed by atoms with E-state index in [0.29, 0.717) is 35.5 Å². The summed E-state index contributed by atoms with van der Waals surface area (Å²) in [4.78, 5) is 2.04. The summed E-state index contributed by atoms with van der Waals surface area (Å²) in [6, 6.07) is 13.7. The normalized spacial score (nSPS) is 15.9. The van der Waals surface area contributed by atoms with E-state index in [4.69, 9.17) is 12.2 Å². The van der Waals surface area contributed by atoms with E-state index in [-0.39, 0.29) is 0 Å². The zero-order chi connectivity index (χ0) is 17.7. The molecule has 1 fully saturated rings. The third-order valence-electron chi connectivity index (χ3n) is 4.15. The third kappa shape index (κ3) is 4.58. The summed E-state index contributed by atoms with van der Waals surface area (Å²) < 4.78 is 27.0. The fraction of sp³-hybridized carbons (Fsp3) is 0.353. The molecule has 0 spiro atoms. The fourth-order valence-corrected chi connectivity index (χ4v) is 5.59. The highest BCUT2D eigenvalue weighted by Crippen LogP contribution is 2.22. The predicted octanol–water partition coefficient (Wildman–Crippen LogP) is 2.17. The summed E-state index contributed by atoms with van der Waals surface area (Å²) in [5, 5.41) is 5.76. The summed E-state index contributed by atoms with van der Waals surface area (Å²) in [6.07, 6.45) is 0.910. The lowest BCUT2D eigenvalue weighted by Gasteiger charge is -2.35. The van der Waals surface area contributed by atoms with Crippen LogP contribution in [0.25, 0.3) is 0 Å². The molecule has 134 valence electrons. The minimum Gasteiger partial charge on any atom is -0.362 e. The number of thiocarbonyl (C=S) groups is 1. The molecule has 1 aliphatic rings. The molecule has 2 heterocycles. The second kappa shape index (κ2) is 8.27. The Morgan fingerprint density at radius 1 is 1.08 bits per heavy atom. The van der Waals surface area contributed by atoms with E-state index < -0.39 is 10.0 Å². The van der Waals surface area contributed by atoms with Crippen LogP contribution in [0.1, 0.15) is 5.56 Å². The summed E-state index contributed by atoms with van der Waals surface area (Å²) in [6.45, 7) is 2.92. The molecule has 1 aliphatic heterocycles. The number of benzene rings is 1. The molecule has 0 atom stereocenters. The standard InChI is InChI=1S/C17H21N3O2S3/c21-25(22,16-7-4-14-24-16)20-12-10-19(11-13-20)17(23)18-9-8-15-5-2-1-3-6-15/h1-7,14H,8-13H2,(H,18,23). The van der Waals surface area contributed by atoms with Gasteiger partial charge in [-0.3, -0.25) is 0 Å². The van der Waals surface area contributed by atoms with Crippen molar-refractivity contribution in [2.45, 2.75) is 10.6 Å². The first-order chi connectivity index (χ1) is 12.1. The van der Waals surface area contributed by atoms with Crippen LogP contribution in [0.5, 0.6) is 0 Å². The average molecular weight is 396 g/mol. The molecule has 1 aromatic carbocycles. The smallest absolute Gasteiger partial charge is 0.252 e. The number of sulfonamides is 1. The molecule has 3 rings (SSSR count). The molecule has 1 saturated heterocycles. The lowest BCUT2D eigenvalue weighted by atomic mass is 10.1. The maximum Gasteiger partial charge on any atom is 0.252 e. The van der Waals surface area contributed by atoms with Crippen LogP contribution >= 0.6 is 23.6 Å². The van der Waals surface area contributed by atoms with Crippen LogP contribution in [0.3, 0.4) is 0 Å². The molecule has 0 aliphatic carbocycles. The number of hydrogen-bond acceptors (Lipinski definition) is 4. The Balaban J connectivity index is 1.46. The van der Waals surface area contributed by atoms with Crippen molar-refractivity contribution in [2.24, 2.45) is 0 Å². The Labute approximate surface area is 158 Å². The largest absolute Gasteiger partial charge is 0.362 e. The Hall–Kier alpha value is -1.48. The van der Waals surface area contributed by atoms with Gasteiger partial charge in [0.1, 0.15) is 4.21 Å². The number of piperazine rings is 1. The van der Waals surface area contributed by atoms with E-state index in [1.807, 2.05) is 23.1 Å². The van der Waals surface area contributed by atoms with Crippen molar-refractivity contribution in [3.8, 4) is 0 Å². The topological polar surface area (TPSA) is 52.7 Å². The Bertz CT molecular complexity index is 784. The monoisotopic (exact) mass is 395 g/mol. The molecule has 2 aromatic rings. The first-order valence-electron chi connectivity index (χ1n) is 8.18. The van der Waals surface area contributed by atoms with Crippen molar-refractivity contribution in [2.75, 3.05) is 32.7 Å². The van der Waals surface area contributed by atoms with E-state index in [1.165, 1.54) is 16.9 Å². The van der Waals surface area contributed by atoms with Crippen molar-refractivity contribution in [3.63, 3.8) is 0 Å². The van der Waals surface area contributed by atoms with Gasteiger partial charge in [0, 0.05) is 32.7 Å². The quantitative estimate of drug-likeness (QED) is 0.787. The van der Waals surface area contributed by atoms with Crippen molar-refractivity contribution < 1.29 is 8.42 Å². The molecule has 5 nitrogen and oxygen atoms in total. The molecule has 0 unspecified atom stereocenters. The van der Waals surface area contributed by atoms with Gasteiger partial charge < -0.3 is 10.2 Å². The molecule has 0 saturated carbocycles. The predicted molar refractivity (Wildman–Crippen MR) is 105 cm³/mol. The number of nitrogens with zero attached hydrogens (tertiary/aromatic N) is 2. The molecule has 0 amide bonds. The van der Waals surface area contributed by atoms with Gasteiger partial charge in [0.2, 0.25) is 0 Å². The number of thiophene rings is 1. The number of hydrogen-bond donors (Lipinski definition) is 1. The molecule has 1 aromatic heterocycles. The van der Waals surface area contributed by atoms with Crippen LogP contribution in [-0.2, 0) is 16.4 Å². The van der Waals surface area contributed by atoms with Crippen LogP contribution < -0.4 is 5.32 Å². The minimum absolute atomic E-state index is 0.407. The summed E-state index contributed by atoms with van der Waals surface area (Å²) >= 11 is 6.71. The zero-order valence-electron chi connectivity index (χ0n) is 13.8. The van der Waals surface area contributed by atoms with Crippen molar-refractivity contribution in [1.29, 1.82) is 0 Å². The van der Waals surface area contributed by atoms with Gasteiger partial charge >= 0.3 is 0 Å². The van der Waals surface area contributed by atoms with Gasteiger partial charge in [-0.1, -0.05) is 36.4 Å². The van der Waals surface area contributed by atoms with Crippen molar-refractivity contribution in [3.05, 3.63) is 53.4 Å². The summed E-state index contributed by atoms with van der Waals surface area (Å²) in [7, 11) is -3.36. The van der Waals surface area contributed by atoms with Gasteiger partial charge in [-0.15, -0.1) is 11.3 Å². The second-order valence-corrected chi connectivity index (χ2v) is 9.29. The minimum atomic E-state index is -3.36. The van der Waals surface area contributed by atoms with Crippen molar-refractivity contribution in [1.82, 2.24) is 14.5 Å². The highest BCUT2D eigenvalue weighted by Gasteiger charge is 2.29. The van der Waals surface area contributed by atoms with Crippen LogP contribution in [0.15, 0.2) is 52.1 Å². The van der Waals surface area contributed by atoms with Gasteiger partial charge in [-0.25, -0.2) is 8.42 Å². The molecule has 8 heteroatoms. The Morgan fingerprint density at radius 3 is 2.44 bits per heavy atom. The van der Waals surface area contributed by atoms with E-state index in [0.717, 1.165) is 13.0 Å². The Morgan fingerprint density at radius 2 is 1.80 bits per heavy atom. The first kappa shape index (κ1) is 18.3. The fourth-order valence-electron chi connectivity index (χ4n) is 2.74. The number of nitrogens with one attached hydrogen (secondary N) is 1. The summed E-state index contributed by atoms with van der Waals surface area (Å²) in [5.74, 6) is 0. The van der Waals surface area contributed by atoms with Crippen LogP contribution in [0.2, 0.25) is 0 Å². The lowest BCUT2D eigenvalue weighted by Crippen LogP contribution is -2.53. The molecular formula is C17H21N3O2S3. The maximum atomic E-state index is 12.5. The Kier molecular flexibility index (Phi) is 6.06. The van der Waals surface area contributed by atoms with Crippen molar-refractivity contribution >= 4 is 38.7 Å². The molecule has 0 bridgehead atoms. The SMILES string of the molecule is O=S(=O)(c1cccs1)N1CCN(C(=S)NCCc2ccccc2)CC1. The van der Waals surface area contributed by atoms with Crippen LogP contribution in [0.4, 0.5) is 0 Å². The average Bonchev–Trinajstić information content (AvgIpc) is 3.18. The van der Waals surface area contributed by atoms with Gasteiger partial charge in [0.05, 0.1) is 0 Å².